The van der Waals surface area contributed by atoms with Crippen LogP contribution in [0.3, 0.4) is 0 Å². The second kappa shape index (κ2) is 6.23. The first-order chi connectivity index (χ1) is 10.6. The summed E-state index contributed by atoms with van der Waals surface area (Å²) in [5.74, 6) is 0.638. The van der Waals surface area contributed by atoms with Crippen LogP contribution in [0.2, 0.25) is 5.02 Å². The summed E-state index contributed by atoms with van der Waals surface area (Å²) in [5.41, 5.74) is 1.64. The number of halogens is 1. The highest BCUT2D eigenvalue weighted by Crippen LogP contribution is 2.17. The third-order valence-corrected chi connectivity index (χ3v) is 3.74. The molecule has 1 saturated heterocycles. The molecule has 1 aliphatic heterocycles. The van der Waals surface area contributed by atoms with Gasteiger partial charge in [0.05, 0.1) is 17.6 Å². The molecule has 116 valence electrons. The van der Waals surface area contributed by atoms with Crippen LogP contribution in [0.25, 0.3) is 11.0 Å². The van der Waals surface area contributed by atoms with E-state index in [2.05, 4.69) is 20.6 Å². The topological polar surface area (TPSA) is 90.1 Å². The van der Waals surface area contributed by atoms with Crippen molar-refractivity contribution in [3.05, 3.63) is 29.0 Å². The van der Waals surface area contributed by atoms with Gasteiger partial charge < -0.3 is 20.5 Å². The van der Waals surface area contributed by atoms with Crippen LogP contribution in [0, 0.1) is 0 Å². The molecule has 1 fully saturated rings. The SMILES string of the molecule is O=C1CCN(C(=O)NCc2nc3ccc(Cl)cc3[nH]2)CCN1. The number of aromatic amines is 1. The molecular formula is C14H16ClN5O2. The smallest absolute Gasteiger partial charge is 0.317 e. The van der Waals surface area contributed by atoms with Crippen molar-refractivity contribution in [2.24, 2.45) is 0 Å². The molecule has 0 unspecified atom stereocenters. The number of carbonyl (C=O) groups is 2. The van der Waals surface area contributed by atoms with Gasteiger partial charge in [-0.2, -0.15) is 0 Å². The van der Waals surface area contributed by atoms with Crippen molar-refractivity contribution in [2.45, 2.75) is 13.0 Å². The minimum absolute atomic E-state index is 0.0236. The number of carbonyl (C=O) groups excluding carboxylic acids is 2. The third-order valence-electron chi connectivity index (χ3n) is 3.50. The number of benzene rings is 1. The van der Waals surface area contributed by atoms with Gasteiger partial charge in [0.1, 0.15) is 5.82 Å². The highest BCUT2D eigenvalue weighted by molar-refractivity contribution is 6.31. The molecule has 0 radical (unpaired) electrons. The van der Waals surface area contributed by atoms with E-state index in [1.807, 2.05) is 6.07 Å². The number of nitrogens with one attached hydrogen (secondary N) is 3. The van der Waals surface area contributed by atoms with Gasteiger partial charge in [-0.05, 0) is 18.2 Å². The predicted molar refractivity (Wildman–Crippen MR) is 82.5 cm³/mol. The van der Waals surface area contributed by atoms with Crippen LogP contribution in [0.5, 0.6) is 0 Å². The van der Waals surface area contributed by atoms with Crippen LogP contribution in [-0.4, -0.2) is 46.4 Å². The van der Waals surface area contributed by atoms with E-state index >= 15 is 0 Å². The zero-order valence-electron chi connectivity index (χ0n) is 11.9. The summed E-state index contributed by atoms with van der Waals surface area (Å²) in [6.07, 6.45) is 0.330. The van der Waals surface area contributed by atoms with Crippen LogP contribution in [0.15, 0.2) is 18.2 Å². The standard InChI is InChI=1S/C14H16ClN5O2/c15-9-1-2-10-11(7-9)19-12(18-10)8-17-14(22)20-5-3-13(21)16-4-6-20/h1-2,7H,3-6,8H2,(H,16,21)(H,17,22)(H,18,19). The van der Waals surface area contributed by atoms with Crippen molar-refractivity contribution in [2.75, 3.05) is 19.6 Å². The normalized spacial score (nSPS) is 15.5. The van der Waals surface area contributed by atoms with Gasteiger partial charge >= 0.3 is 6.03 Å². The van der Waals surface area contributed by atoms with Gasteiger partial charge in [-0.1, -0.05) is 11.6 Å². The summed E-state index contributed by atoms with van der Waals surface area (Å²) >= 11 is 5.93. The second-order valence-electron chi connectivity index (χ2n) is 5.09. The number of nitrogens with zero attached hydrogens (tertiary/aromatic N) is 2. The maximum atomic E-state index is 12.1. The van der Waals surface area contributed by atoms with Gasteiger partial charge in [-0.25, -0.2) is 9.78 Å². The minimum Gasteiger partial charge on any atom is -0.354 e. The first-order valence-corrected chi connectivity index (χ1v) is 7.43. The van der Waals surface area contributed by atoms with E-state index in [1.165, 1.54) is 0 Å². The fraction of sp³-hybridized carbons (Fsp3) is 0.357. The lowest BCUT2D eigenvalue weighted by Crippen LogP contribution is -2.41. The average Bonchev–Trinajstić information content (AvgIpc) is 2.77. The van der Waals surface area contributed by atoms with Gasteiger partial charge in [0, 0.05) is 31.1 Å². The number of amides is 3. The molecule has 22 heavy (non-hydrogen) atoms. The lowest BCUT2D eigenvalue weighted by Gasteiger charge is -2.19. The Morgan fingerprint density at radius 1 is 1.41 bits per heavy atom. The number of aromatic nitrogens is 2. The van der Waals surface area contributed by atoms with Crippen LogP contribution in [0.1, 0.15) is 12.2 Å². The molecule has 1 aromatic carbocycles. The number of fused-ring (bicyclic) bond motifs is 1. The third kappa shape index (κ3) is 3.30. The molecule has 2 heterocycles. The van der Waals surface area contributed by atoms with Crippen molar-refractivity contribution in [3.63, 3.8) is 0 Å². The highest BCUT2D eigenvalue weighted by atomic mass is 35.5. The maximum Gasteiger partial charge on any atom is 0.317 e. The van der Waals surface area contributed by atoms with E-state index < -0.39 is 0 Å². The van der Waals surface area contributed by atoms with Gasteiger partial charge in [0.2, 0.25) is 5.91 Å². The summed E-state index contributed by atoms with van der Waals surface area (Å²) in [6.45, 7) is 1.71. The Morgan fingerprint density at radius 3 is 3.14 bits per heavy atom. The Hall–Kier alpha value is -2.28. The number of urea groups is 1. The molecule has 7 nitrogen and oxygen atoms in total. The summed E-state index contributed by atoms with van der Waals surface area (Å²) in [4.78, 5) is 32.5. The molecule has 0 aliphatic carbocycles. The molecule has 0 saturated carbocycles. The van der Waals surface area contributed by atoms with Crippen molar-refractivity contribution < 1.29 is 9.59 Å². The Bertz CT molecular complexity index is 714. The maximum absolute atomic E-state index is 12.1. The van der Waals surface area contributed by atoms with E-state index in [1.54, 1.807) is 17.0 Å². The first-order valence-electron chi connectivity index (χ1n) is 7.05. The highest BCUT2D eigenvalue weighted by Gasteiger charge is 2.18. The molecule has 1 aromatic heterocycles. The number of imidazole rings is 1. The average molecular weight is 322 g/mol. The second-order valence-corrected chi connectivity index (χ2v) is 5.53. The zero-order chi connectivity index (χ0) is 15.5. The summed E-state index contributed by atoms with van der Waals surface area (Å²) in [7, 11) is 0. The Balaban J connectivity index is 1.60. The van der Waals surface area contributed by atoms with E-state index in [0.29, 0.717) is 43.4 Å². The van der Waals surface area contributed by atoms with E-state index in [0.717, 1.165) is 11.0 Å². The van der Waals surface area contributed by atoms with Crippen LogP contribution in [0.4, 0.5) is 4.79 Å². The molecule has 0 spiro atoms. The molecule has 3 amide bonds. The summed E-state index contributed by atoms with van der Waals surface area (Å²) in [5, 5.41) is 6.18. The Kier molecular flexibility index (Phi) is 4.15. The fourth-order valence-electron chi connectivity index (χ4n) is 2.36. The molecule has 3 N–H and O–H groups in total. The molecule has 1 aliphatic rings. The summed E-state index contributed by atoms with van der Waals surface area (Å²) < 4.78 is 0. The number of H-pyrrole nitrogens is 1. The minimum atomic E-state index is -0.199. The molecule has 0 bridgehead atoms. The molecule has 0 atom stereocenters. The van der Waals surface area contributed by atoms with Crippen LogP contribution < -0.4 is 10.6 Å². The molecule has 3 rings (SSSR count). The lowest BCUT2D eigenvalue weighted by molar-refractivity contribution is -0.120. The fourth-order valence-corrected chi connectivity index (χ4v) is 2.53. The van der Waals surface area contributed by atoms with Gasteiger partial charge in [0.15, 0.2) is 0 Å². The van der Waals surface area contributed by atoms with E-state index in [-0.39, 0.29) is 11.9 Å². The number of hydrogen-bond donors (Lipinski definition) is 3. The lowest BCUT2D eigenvalue weighted by atomic mass is 10.3. The molecule has 8 heteroatoms. The van der Waals surface area contributed by atoms with Gasteiger partial charge in [-0.3, -0.25) is 4.79 Å². The van der Waals surface area contributed by atoms with Crippen molar-refractivity contribution in [3.8, 4) is 0 Å². The van der Waals surface area contributed by atoms with Crippen molar-refractivity contribution in [1.29, 1.82) is 0 Å². The molecule has 2 aromatic rings. The number of hydrogen-bond acceptors (Lipinski definition) is 3. The summed E-state index contributed by atoms with van der Waals surface area (Å²) in [6, 6.07) is 5.19. The largest absolute Gasteiger partial charge is 0.354 e. The zero-order valence-corrected chi connectivity index (χ0v) is 12.6. The first kappa shape index (κ1) is 14.6. The predicted octanol–water partition coefficient (Wildman–Crippen LogP) is 1.25. The van der Waals surface area contributed by atoms with Crippen LogP contribution in [-0.2, 0) is 11.3 Å². The quantitative estimate of drug-likeness (QED) is 0.777. The van der Waals surface area contributed by atoms with E-state index in [9.17, 15) is 9.59 Å². The van der Waals surface area contributed by atoms with E-state index in [4.69, 9.17) is 11.6 Å². The Morgan fingerprint density at radius 2 is 2.27 bits per heavy atom. The Labute approximate surface area is 132 Å². The van der Waals surface area contributed by atoms with Crippen molar-refractivity contribution >= 4 is 34.6 Å². The van der Waals surface area contributed by atoms with Crippen LogP contribution >= 0.6 is 11.6 Å². The van der Waals surface area contributed by atoms with Gasteiger partial charge in [0.25, 0.3) is 0 Å². The number of rotatable bonds is 2. The monoisotopic (exact) mass is 321 g/mol. The van der Waals surface area contributed by atoms with Crippen molar-refractivity contribution in [1.82, 2.24) is 25.5 Å². The molecular weight excluding hydrogens is 306 g/mol. The van der Waals surface area contributed by atoms with Gasteiger partial charge in [-0.15, -0.1) is 0 Å².